The molecule has 0 aromatic heterocycles. The van der Waals surface area contributed by atoms with Gasteiger partial charge in [-0.1, -0.05) is 13.8 Å². The molecule has 0 amide bonds. The third kappa shape index (κ3) is 2.90. The van der Waals surface area contributed by atoms with Crippen LogP contribution in [0.2, 0.25) is 0 Å². The first kappa shape index (κ1) is 14.7. The molecule has 0 bridgehead atoms. The van der Waals surface area contributed by atoms with Crippen molar-refractivity contribution in [3.8, 4) is 0 Å². The summed E-state index contributed by atoms with van der Waals surface area (Å²) in [5, 5.41) is 10.7. The number of hydrogen-bond acceptors (Lipinski definition) is 4. The highest BCUT2D eigenvalue weighted by molar-refractivity contribution is 7.55. The highest BCUT2D eigenvalue weighted by Crippen LogP contribution is 2.63. The second-order valence-electron chi connectivity index (χ2n) is 4.43. The number of rotatable bonds is 7. The maximum absolute atomic E-state index is 12.8. The highest BCUT2D eigenvalue weighted by atomic mass is 31.2. The summed E-state index contributed by atoms with van der Waals surface area (Å²) in [6.07, 6.45) is 4.14. The van der Waals surface area contributed by atoms with Gasteiger partial charge in [0.15, 0.2) is 6.21 Å². The Balaban J connectivity index is 2.89. The van der Waals surface area contributed by atoms with Crippen molar-refractivity contribution in [1.82, 2.24) is 0 Å². The minimum atomic E-state index is -3.39. The smallest absolute Gasteiger partial charge is 0.401 e. The summed E-state index contributed by atoms with van der Waals surface area (Å²) in [5.74, 6) is 0. The van der Waals surface area contributed by atoms with Crippen LogP contribution in [0.3, 0.4) is 0 Å². The SMILES string of the molecule is CCCOP(=O)(OCCC)C1(C)CCC=[N+]1[O-]. The summed E-state index contributed by atoms with van der Waals surface area (Å²) >= 11 is 0. The summed E-state index contributed by atoms with van der Waals surface area (Å²) < 4.78 is 24.3. The lowest BCUT2D eigenvalue weighted by Gasteiger charge is -2.30. The monoisotopic (exact) mass is 263 g/mol. The lowest BCUT2D eigenvalue weighted by atomic mass is 10.2. The third-order valence-corrected chi connectivity index (χ3v) is 5.55. The second-order valence-corrected chi connectivity index (χ2v) is 6.90. The van der Waals surface area contributed by atoms with Crippen LogP contribution in [-0.4, -0.2) is 29.4 Å². The molecule has 5 nitrogen and oxygen atoms in total. The van der Waals surface area contributed by atoms with Gasteiger partial charge in [-0.15, -0.1) is 0 Å². The lowest BCUT2D eigenvalue weighted by Crippen LogP contribution is -2.34. The van der Waals surface area contributed by atoms with E-state index in [2.05, 4.69) is 0 Å². The first-order chi connectivity index (χ1) is 8.00. The van der Waals surface area contributed by atoms with Crippen LogP contribution in [0.1, 0.15) is 46.5 Å². The molecule has 0 aromatic rings. The van der Waals surface area contributed by atoms with Gasteiger partial charge in [-0.05, 0) is 12.8 Å². The third-order valence-electron chi connectivity index (χ3n) is 2.91. The maximum Gasteiger partial charge on any atom is 0.401 e. The van der Waals surface area contributed by atoms with E-state index in [-0.39, 0.29) is 0 Å². The van der Waals surface area contributed by atoms with Crippen LogP contribution in [0.5, 0.6) is 0 Å². The van der Waals surface area contributed by atoms with Gasteiger partial charge in [-0.25, -0.2) is 0 Å². The standard InChI is InChI=1S/C11H22NO4P/c1-4-9-15-17(14,16-10-5-2)11(3)7-6-8-12(11)13/h8H,4-7,9-10H2,1-3H3. The second kappa shape index (κ2) is 5.98. The van der Waals surface area contributed by atoms with E-state index < -0.39 is 12.9 Å². The molecule has 0 spiro atoms. The lowest BCUT2D eigenvalue weighted by molar-refractivity contribution is -0.507. The molecule has 0 fully saturated rings. The van der Waals surface area contributed by atoms with E-state index in [4.69, 9.17) is 9.05 Å². The summed E-state index contributed by atoms with van der Waals surface area (Å²) in [5.41, 5.74) is 0. The van der Waals surface area contributed by atoms with Gasteiger partial charge in [0.1, 0.15) is 0 Å². The quantitative estimate of drug-likeness (QED) is 0.402. The van der Waals surface area contributed by atoms with Gasteiger partial charge in [-0.3, -0.25) is 4.57 Å². The molecule has 6 heteroatoms. The van der Waals surface area contributed by atoms with Crippen LogP contribution in [0.25, 0.3) is 0 Å². The van der Waals surface area contributed by atoms with Crippen molar-refractivity contribution < 1.29 is 18.4 Å². The van der Waals surface area contributed by atoms with E-state index in [1.165, 1.54) is 6.21 Å². The molecule has 1 unspecified atom stereocenters. The van der Waals surface area contributed by atoms with Gasteiger partial charge in [0.25, 0.3) is 5.28 Å². The van der Waals surface area contributed by atoms with Crippen molar-refractivity contribution in [2.75, 3.05) is 13.2 Å². The van der Waals surface area contributed by atoms with E-state index in [9.17, 15) is 9.77 Å². The zero-order chi connectivity index (χ0) is 12.9. The van der Waals surface area contributed by atoms with Crippen LogP contribution in [0.15, 0.2) is 0 Å². The molecule has 100 valence electrons. The molecule has 17 heavy (non-hydrogen) atoms. The van der Waals surface area contributed by atoms with Gasteiger partial charge < -0.3 is 14.3 Å². The van der Waals surface area contributed by atoms with Crippen molar-refractivity contribution in [3.63, 3.8) is 0 Å². The first-order valence-electron chi connectivity index (χ1n) is 6.19. The van der Waals surface area contributed by atoms with E-state index in [0.717, 1.165) is 17.6 Å². The van der Waals surface area contributed by atoms with Crippen molar-refractivity contribution in [2.45, 2.75) is 51.7 Å². The number of hydrogen-bond donors (Lipinski definition) is 0. The molecule has 1 aliphatic heterocycles. The molecule has 1 heterocycles. The van der Waals surface area contributed by atoms with Crippen molar-refractivity contribution in [3.05, 3.63) is 5.21 Å². The maximum atomic E-state index is 12.8. The van der Waals surface area contributed by atoms with Gasteiger partial charge in [0.05, 0.1) is 13.2 Å². The normalized spacial score (nSPS) is 25.0. The molecule has 0 saturated carbocycles. The Morgan fingerprint density at radius 2 is 1.88 bits per heavy atom. The largest absolute Gasteiger partial charge is 0.623 e. The molecule has 0 aromatic carbocycles. The van der Waals surface area contributed by atoms with Crippen molar-refractivity contribution >= 4 is 13.8 Å². The summed E-state index contributed by atoms with van der Waals surface area (Å²) in [6, 6.07) is 0. The van der Waals surface area contributed by atoms with Gasteiger partial charge >= 0.3 is 7.60 Å². The fraction of sp³-hybridized carbons (Fsp3) is 0.909. The highest BCUT2D eigenvalue weighted by Gasteiger charge is 2.56. The molecule has 0 radical (unpaired) electrons. The zero-order valence-corrected chi connectivity index (χ0v) is 11.7. The average Bonchev–Trinajstić information content (AvgIpc) is 2.66. The minimum absolute atomic E-state index is 0.352. The fourth-order valence-electron chi connectivity index (χ4n) is 1.76. The van der Waals surface area contributed by atoms with Crippen LogP contribution < -0.4 is 0 Å². The Labute approximate surface area is 103 Å². The van der Waals surface area contributed by atoms with Gasteiger partial charge in [0.2, 0.25) is 0 Å². The Bertz CT molecular complexity index is 319. The van der Waals surface area contributed by atoms with E-state index in [1.54, 1.807) is 6.92 Å². The number of nitrogens with zero attached hydrogens (tertiary/aromatic N) is 1. The van der Waals surface area contributed by atoms with Gasteiger partial charge in [-0.2, -0.15) is 4.74 Å². The van der Waals surface area contributed by atoms with Crippen LogP contribution in [0.4, 0.5) is 0 Å². The predicted molar refractivity (Wildman–Crippen MR) is 67.4 cm³/mol. The molecule has 1 aliphatic rings. The summed E-state index contributed by atoms with van der Waals surface area (Å²) in [7, 11) is -3.39. The van der Waals surface area contributed by atoms with Crippen LogP contribution >= 0.6 is 7.60 Å². The molecular formula is C11H22NO4P. The van der Waals surface area contributed by atoms with E-state index in [0.29, 0.717) is 26.1 Å². The first-order valence-corrected chi connectivity index (χ1v) is 7.73. The molecular weight excluding hydrogens is 241 g/mol. The summed E-state index contributed by atoms with van der Waals surface area (Å²) in [6.45, 7) is 6.23. The Morgan fingerprint density at radius 1 is 1.35 bits per heavy atom. The van der Waals surface area contributed by atoms with E-state index in [1.807, 2.05) is 13.8 Å². The zero-order valence-electron chi connectivity index (χ0n) is 10.8. The minimum Gasteiger partial charge on any atom is -0.623 e. The van der Waals surface area contributed by atoms with E-state index >= 15 is 0 Å². The molecule has 0 N–H and O–H groups in total. The topological polar surface area (TPSA) is 61.6 Å². The molecule has 0 aliphatic carbocycles. The Hall–Kier alpha value is -0.380. The molecule has 1 atom stereocenters. The van der Waals surface area contributed by atoms with Gasteiger partial charge in [0, 0.05) is 19.8 Å². The molecule has 1 rings (SSSR count). The predicted octanol–water partition coefficient (Wildman–Crippen LogP) is 3.12. The average molecular weight is 263 g/mol. The summed E-state index contributed by atoms with van der Waals surface area (Å²) in [4.78, 5) is 0. The Morgan fingerprint density at radius 3 is 2.24 bits per heavy atom. The van der Waals surface area contributed by atoms with Crippen LogP contribution in [-0.2, 0) is 13.6 Å². The Kier molecular flexibility index (Phi) is 5.17. The fourth-order valence-corrected chi connectivity index (χ4v) is 3.96. The van der Waals surface area contributed by atoms with Crippen molar-refractivity contribution in [1.29, 1.82) is 0 Å². The van der Waals surface area contributed by atoms with Crippen LogP contribution in [0, 0.1) is 5.21 Å². The number of hydroxylamine groups is 1. The molecule has 0 saturated heterocycles. The van der Waals surface area contributed by atoms with Crippen molar-refractivity contribution in [2.24, 2.45) is 0 Å².